The Hall–Kier alpha value is -1.96. The second-order valence-corrected chi connectivity index (χ2v) is 9.64. The van der Waals surface area contributed by atoms with Crippen molar-refractivity contribution in [3.05, 3.63) is 58.7 Å². The Balaban J connectivity index is 0. The van der Waals surface area contributed by atoms with Crippen LogP contribution in [-0.4, -0.2) is 19.8 Å². The Bertz CT molecular complexity index is 778. The molecule has 1 saturated heterocycles. The average Bonchev–Trinajstić information content (AvgIpc) is 3.30. The predicted octanol–water partition coefficient (Wildman–Crippen LogP) is 10.8. The van der Waals surface area contributed by atoms with Crippen molar-refractivity contribution < 1.29 is 0 Å². The molecule has 202 valence electrons. The fourth-order valence-electron chi connectivity index (χ4n) is 4.41. The molecule has 0 aromatic heterocycles. The summed E-state index contributed by atoms with van der Waals surface area (Å²) in [5, 5.41) is 0. The smallest absolute Gasteiger partial charge is 0.0904 e. The highest BCUT2D eigenvalue weighted by molar-refractivity contribution is 5.67. The molecule has 0 amide bonds. The van der Waals surface area contributed by atoms with Crippen molar-refractivity contribution in [3.8, 4) is 0 Å². The monoisotopic (exact) mass is 484 g/mol. The van der Waals surface area contributed by atoms with Gasteiger partial charge in [-0.15, -0.1) is 0 Å². The van der Waals surface area contributed by atoms with E-state index in [9.17, 15) is 0 Å². The van der Waals surface area contributed by atoms with E-state index < -0.39 is 0 Å². The quantitative estimate of drug-likeness (QED) is 0.416. The molecule has 2 aromatic carbocycles. The third-order valence-corrected chi connectivity index (χ3v) is 5.85. The van der Waals surface area contributed by atoms with E-state index in [0.29, 0.717) is 17.8 Å². The summed E-state index contributed by atoms with van der Waals surface area (Å²) in [6.07, 6.45) is 1.25. The molecule has 0 radical (unpaired) electrons. The summed E-state index contributed by atoms with van der Waals surface area (Å²) in [5.74, 6) is 1.62. The SMILES string of the molecule is C.CC.CC.CCC.Cc1cccc(C(C)C)c1N1CCN(c2c(C(C)C)cccc2C(C)C)C1. The first-order valence-corrected chi connectivity index (χ1v) is 13.9. The number of hydrogen-bond acceptors (Lipinski definition) is 2. The number of para-hydroxylation sites is 2. The molecular formula is C33H60N2. The van der Waals surface area contributed by atoms with Gasteiger partial charge >= 0.3 is 0 Å². The maximum atomic E-state index is 2.61. The summed E-state index contributed by atoms with van der Waals surface area (Å²) < 4.78 is 0. The number of nitrogens with zero attached hydrogens (tertiary/aromatic N) is 2. The Morgan fingerprint density at radius 1 is 0.629 bits per heavy atom. The zero-order valence-corrected chi connectivity index (χ0v) is 24.9. The van der Waals surface area contributed by atoms with E-state index in [1.807, 2.05) is 27.7 Å². The van der Waals surface area contributed by atoms with E-state index in [1.54, 1.807) is 0 Å². The number of benzene rings is 2. The third kappa shape index (κ3) is 9.54. The van der Waals surface area contributed by atoms with E-state index in [0.717, 1.165) is 19.8 Å². The van der Waals surface area contributed by atoms with E-state index in [-0.39, 0.29) is 7.43 Å². The van der Waals surface area contributed by atoms with Crippen molar-refractivity contribution in [2.45, 2.75) is 122 Å². The van der Waals surface area contributed by atoms with E-state index in [4.69, 9.17) is 0 Å². The molecule has 35 heavy (non-hydrogen) atoms. The van der Waals surface area contributed by atoms with Gasteiger partial charge in [0.1, 0.15) is 0 Å². The molecule has 1 fully saturated rings. The first-order chi connectivity index (χ1) is 16.2. The minimum Gasteiger partial charge on any atom is -0.352 e. The van der Waals surface area contributed by atoms with Crippen molar-refractivity contribution in [2.75, 3.05) is 29.6 Å². The molecule has 0 spiro atoms. The fraction of sp³-hybridized carbons (Fsp3) is 0.636. The van der Waals surface area contributed by atoms with Crippen molar-refractivity contribution >= 4 is 11.4 Å². The van der Waals surface area contributed by atoms with Crippen molar-refractivity contribution in [1.82, 2.24) is 0 Å². The maximum Gasteiger partial charge on any atom is 0.0904 e. The lowest BCUT2D eigenvalue weighted by atomic mass is 9.92. The van der Waals surface area contributed by atoms with Crippen LogP contribution in [0.15, 0.2) is 36.4 Å². The lowest BCUT2D eigenvalue weighted by molar-refractivity contribution is 0.805. The van der Waals surface area contributed by atoms with Crippen LogP contribution >= 0.6 is 0 Å². The number of aryl methyl sites for hydroxylation is 1. The second-order valence-electron chi connectivity index (χ2n) is 9.64. The minimum absolute atomic E-state index is 0. The summed E-state index contributed by atoms with van der Waals surface area (Å²) >= 11 is 0. The van der Waals surface area contributed by atoms with Gasteiger partial charge < -0.3 is 9.80 Å². The average molecular weight is 485 g/mol. The van der Waals surface area contributed by atoms with Crippen molar-refractivity contribution in [3.63, 3.8) is 0 Å². The summed E-state index contributed by atoms with van der Waals surface area (Å²) in [6.45, 7) is 31.5. The lowest BCUT2D eigenvalue weighted by Crippen LogP contribution is -2.28. The highest BCUT2D eigenvalue weighted by Gasteiger charge is 2.28. The van der Waals surface area contributed by atoms with Gasteiger partial charge in [0.2, 0.25) is 0 Å². The summed E-state index contributed by atoms with van der Waals surface area (Å²) in [7, 11) is 0. The van der Waals surface area contributed by atoms with Gasteiger partial charge in [0.25, 0.3) is 0 Å². The summed E-state index contributed by atoms with van der Waals surface area (Å²) in [5.41, 5.74) is 8.75. The Kier molecular flexibility index (Phi) is 18.4. The molecule has 2 heteroatoms. The second kappa shape index (κ2) is 18.3. The van der Waals surface area contributed by atoms with Crippen LogP contribution in [0, 0.1) is 6.92 Å². The Morgan fingerprint density at radius 3 is 1.31 bits per heavy atom. The highest BCUT2D eigenvalue weighted by atomic mass is 15.4. The molecule has 0 aliphatic carbocycles. The molecule has 1 aliphatic heterocycles. The van der Waals surface area contributed by atoms with Gasteiger partial charge in [0.15, 0.2) is 0 Å². The van der Waals surface area contributed by atoms with Gasteiger partial charge in [0, 0.05) is 24.5 Å². The van der Waals surface area contributed by atoms with Crippen LogP contribution in [0.1, 0.15) is 137 Å². The molecule has 3 rings (SSSR count). The molecular weight excluding hydrogens is 424 g/mol. The first kappa shape index (κ1) is 35.2. The number of hydrogen-bond donors (Lipinski definition) is 0. The van der Waals surface area contributed by atoms with Gasteiger partial charge in [0.05, 0.1) is 6.67 Å². The molecule has 2 nitrogen and oxygen atoms in total. The molecule has 2 aromatic rings. The van der Waals surface area contributed by atoms with Gasteiger partial charge in [-0.05, 0) is 46.9 Å². The zero-order valence-electron chi connectivity index (χ0n) is 24.9. The van der Waals surface area contributed by atoms with Crippen LogP contribution in [0.25, 0.3) is 0 Å². The maximum absolute atomic E-state index is 2.61. The fourth-order valence-corrected chi connectivity index (χ4v) is 4.41. The zero-order chi connectivity index (χ0) is 26.4. The Labute approximate surface area is 221 Å². The summed E-state index contributed by atoms with van der Waals surface area (Å²) in [4.78, 5) is 5.20. The first-order valence-electron chi connectivity index (χ1n) is 13.9. The minimum atomic E-state index is 0. The molecule has 0 N–H and O–H groups in total. The predicted molar refractivity (Wildman–Crippen MR) is 165 cm³/mol. The van der Waals surface area contributed by atoms with E-state index in [2.05, 4.69) is 109 Å². The molecule has 0 saturated carbocycles. The molecule has 1 heterocycles. The van der Waals surface area contributed by atoms with Gasteiger partial charge in [-0.2, -0.15) is 0 Å². The van der Waals surface area contributed by atoms with Crippen LogP contribution in [0.5, 0.6) is 0 Å². The van der Waals surface area contributed by atoms with Gasteiger partial charge in [-0.1, -0.05) is 133 Å². The molecule has 1 aliphatic rings. The molecule has 0 atom stereocenters. The number of anilines is 2. The standard InChI is InChI=1S/C25H36N2.C3H8.2C2H6.CH4/c1-17(2)21-11-8-10-20(7)24(21)26-14-15-27(16-26)25-22(18(3)4)12-9-13-23(25)19(5)6;1-3-2;2*1-2;/h8-13,17-19H,14-16H2,1-7H3;3H2,1-2H3;2*1-2H3;1H4. The van der Waals surface area contributed by atoms with Crippen LogP contribution in [-0.2, 0) is 0 Å². The van der Waals surface area contributed by atoms with Gasteiger partial charge in [-0.25, -0.2) is 0 Å². The normalized spacial score (nSPS) is 12.3. The Morgan fingerprint density at radius 2 is 0.943 bits per heavy atom. The van der Waals surface area contributed by atoms with E-state index >= 15 is 0 Å². The van der Waals surface area contributed by atoms with Crippen molar-refractivity contribution in [2.24, 2.45) is 0 Å². The van der Waals surface area contributed by atoms with Crippen LogP contribution in [0.4, 0.5) is 11.4 Å². The largest absolute Gasteiger partial charge is 0.352 e. The third-order valence-electron chi connectivity index (χ3n) is 5.85. The van der Waals surface area contributed by atoms with Crippen LogP contribution < -0.4 is 9.80 Å². The van der Waals surface area contributed by atoms with E-state index in [1.165, 1.54) is 40.0 Å². The highest BCUT2D eigenvalue weighted by Crippen LogP contribution is 2.38. The van der Waals surface area contributed by atoms with Gasteiger partial charge in [-0.3, -0.25) is 0 Å². The molecule has 0 unspecified atom stereocenters. The topological polar surface area (TPSA) is 6.48 Å². The molecule has 0 bridgehead atoms. The van der Waals surface area contributed by atoms with Crippen LogP contribution in [0.3, 0.4) is 0 Å². The lowest BCUT2D eigenvalue weighted by Gasteiger charge is -2.30. The van der Waals surface area contributed by atoms with Crippen molar-refractivity contribution in [1.29, 1.82) is 0 Å². The number of rotatable bonds is 5. The summed E-state index contributed by atoms with van der Waals surface area (Å²) in [6, 6.07) is 13.6. The van der Waals surface area contributed by atoms with Crippen LogP contribution in [0.2, 0.25) is 0 Å².